The second kappa shape index (κ2) is 10.7. The third-order valence-electron chi connectivity index (χ3n) is 5.31. The molecule has 9 heteroatoms. The number of aromatic nitrogens is 3. The van der Waals surface area contributed by atoms with Crippen molar-refractivity contribution >= 4 is 11.6 Å². The highest BCUT2D eigenvalue weighted by atomic mass is 19.1. The van der Waals surface area contributed by atoms with Gasteiger partial charge in [0.2, 0.25) is 0 Å². The fourth-order valence-electron chi connectivity index (χ4n) is 3.68. The van der Waals surface area contributed by atoms with E-state index >= 15 is 0 Å². The lowest BCUT2D eigenvalue weighted by Gasteiger charge is -2.34. The molecule has 0 radical (unpaired) electrons. The molecule has 32 heavy (non-hydrogen) atoms. The summed E-state index contributed by atoms with van der Waals surface area (Å²) in [5.41, 5.74) is 1.60. The van der Waals surface area contributed by atoms with Gasteiger partial charge in [0.05, 0.1) is 0 Å². The molecule has 0 spiro atoms. The first-order chi connectivity index (χ1) is 15.7. The van der Waals surface area contributed by atoms with Crippen molar-refractivity contribution in [2.24, 2.45) is 4.99 Å². The van der Waals surface area contributed by atoms with Gasteiger partial charge >= 0.3 is 0 Å². The lowest BCUT2D eigenvalue weighted by molar-refractivity contribution is 0.421. The number of halogens is 1. The summed E-state index contributed by atoms with van der Waals surface area (Å²) in [5, 5.41) is 10.8. The highest BCUT2D eigenvalue weighted by Gasteiger charge is 2.20. The Morgan fingerprint density at radius 1 is 1.22 bits per heavy atom. The first-order valence-electron chi connectivity index (χ1n) is 11.0. The van der Waals surface area contributed by atoms with Crippen LogP contribution < -0.4 is 15.5 Å². The second-order valence-electron chi connectivity index (χ2n) is 7.63. The van der Waals surface area contributed by atoms with Gasteiger partial charge in [-0.25, -0.2) is 4.39 Å². The van der Waals surface area contributed by atoms with Crippen LogP contribution in [0.15, 0.2) is 58.2 Å². The molecule has 1 aliphatic rings. The number of nitrogens with zero attached hydrogens (tertiary/aromatic N) is 5. The Balaban J connectivity index is 1.28. The van der Waals surface area contributed by atoms with Gasteiger partial charge in [-0.2, -0.15) is 4.98 Å². The third kappa shape index (κ3) is 5.81. The molecule has 168 valence electrons. The van der Waals surface area contributed by atoms with Crippen LogP contribution in [0.3, 0.4) is 0 Å². The van der Waals surface area contributed by atoms with Crippen molar-refractivity contribution in [3.63, 3.8) is 0 Å². The van der Waals surface area contributed by atoms with Crippen LogP contribution in [-0.4, -0.2) is 53.3 Å². The first kappa shape index (κ1) is 21.7. The Labute approximate surface area is 187 Å². The monoisotopic (exact) mass is 437 g/mol. The maximum atomic E-state index is 13.5. The van der Waals surface area contributed by atoms with Crippen LogP contribution in [-0.2, 0) is 6.42 Å². The first-order valence-corrected chi connectivity index (χ1v) is 11.0. The molecule has 4 rings (SSSR count). The molecule has 1 saturated heterocycles. The van der Waals surface area contributed by atoms with E-state index in [9.17, 15) is 4.39 Å². The maximum absolute atomic E-state index is 13.5. The summed E-state index contributed by atoms with van der Waals surface area (Å²) in [4.78, 5) is 15.5. The molecule has 2 aromatic heterocycles. The van der Waals surface area contributed by atoms with Crippen molar-refractivity contribution in [2.75, 3.05) is 31.1 Å². The highest BCUT2D eigenvalue weighted by Crippen LogP contribution is 2.20. The van der Waals surface area contributed by atoms with Gasteiger partial charge in [0.15, 0.2) is 11.8 Å². The van der Waals surface area contributed by atoms with Gasteiger partial charge in [0.1, 0.15) is 11.5 Å². The number of hydrogen-bond acceptors (Lipinski definition) is 6. The average molecular weight is 438 g/mol. The molecule has 0 aliphatic carbocycles. The zero-order chi connectivity index (χ0) is 22.2. The molecular formula is C23H28FN7O. The molecule has 8 nitrogen and oxygen atoms in total. The Hall–Kier alpha value is -3.49. The number of hydrogen-bond donors (Lipinski definition) is 2. The predicted octanol–water partition coefficient (Wildman–Crippen LogP) is 3.04. The second-order valence-corrected chi connectivity index (χ2v) is 7.63. The highest BCUT2D eigenvalue weighted by molar-refractivity contribution is 5.80. The topological polar surface area (TPSA) is 91.5 Å². The molecule has 0 atom stereocenters. The lowest BCUT2D eigenvalue weighted by atomic mass is 10.0. The van der Waals surface area contributed by atoms with Gasteiger partial charge in [-0.3, -0.25) is 9.98 Å². The number of rotatable bonds is 7. The number of nitrogens with one attached hydrogen (secondary N) is 2. The fraction of sp³-hybridized carbons (Fsp3) is 0.391. The Kier molecular flexibility index (Phi) is 7.27. The van der Waals surface area contributed by atoms with Gasteiger partial charge in [0.25, 0.3) is 5.89 Å². The number of guanidine groups is 1. The summed E-state index contributed by atoms with van der Waals surface area (Å²) in [6.07, 6.45) is 4.18. The fourth-order valence-corrected chi connectivity index (χ4v) is 3.68. The molecule has 0 unspecified atom stereocenters. The van der Waals surface area contributed by atoms with Crippen LogP contribution in [0.1, 0.15) is 25.6 Å². The molecule has 1 fully saturated rings. The van der Waals surface area contributed by atoms with Gasteiger partial charge in [-0.1, -0.05) is 17.3 Å². The minimum Gasteiger partial charge on any atom is -0.371 e. The largest absolute Gasteiger partial charge is 0.371 e. The van der Waals surface area contributed by atoms with E-state index in [1.54, 1.807) is 18.3 Å². The van der Waals surface area contributed by atoms with Crippen LogP contribution in [0.25, 0.3) is 11.6 Å². The molecule has 2 N–H and O–H groups in total. The average Bonchev–Trinajstić information content (AvgIpc) is 3.29. The van der Waals surface area contributed by atoms with E-state index in [-0.39, 0.29) is 5.82 Å². The Bertz CT molecular complexity index is 1020. The van der Waals surface area contributed by atoms with Crippen molar-refractivity contribution in [2.45, 2.75) is 32.2 Å². The van der Waals surface area contributed by atoms with Crippen LogP contribution in [0.5, 0.6) is 0 Å². The summed E-state index contributed by atoms with van der Waals surface area (Å²) in [7, 11) is 0. The summed E-state index contributed by atoms with van der Waals surface area (Å²) in [6, 6.07) is 12.7. The zero-order valence-corrected chi connectivity index (χ0v) is 18.2. The summed E-state index contributed by atoms with van der Waals surface area (Å²) < 4.78 is 18.8. The van der Waals surface area contributed by atoms with Crippen molar-refractivity contribution in [3.05, 3.63) is 60.3 Å². The summed E-state index contributed by atoms with van der Waals surface area (Å²) in [5.74, 6) is 1.61. The molecule has 3 heterocycles. The van der Waals surface area contributed by atoms with E-state index in [0.717, 1.165) is 44.1 Å². The minimum absolute atomic E-state index is 0.196. The number of benzene rings is 1. The Morgan fingerprint density at radius 3 is 2.84 bits per heavy atom. The molecule has 0 saturated carbocycles. The quantitative estimate of drug-likeness (QED) is 0.434. The zero-order valence-electron chi connectivity index (χ0n) is 18.2. The van der Waals surface area contributed by atoms with Crippen LogP contribution in [0, 0.1) is 5.82 Å². The Morgan fingerprint density at radius 2 is 2.09 bits per heavy atom. The van der Waals surface area contributed by atoms with E-state index in [2.05, 4.69) is 35.7 Å². The molecule has 3 aromatic rings. The van der Waals surface area contributed by atoms with E-state index in [1.807, 2.05) is 31.2 Å². The van der Waals surface area contributed by atoms with E-state index in [4.69, 9.17) is 4.52 Å². The van der Waals surface area contributed by atoms with Gasteiger partial charge in [-0.15, -0.1) is 0 Å². The SMILES string of the molecule is CCNC(=NCCc1noc(-c2ccccn2)n1)NC1CCN(c2cccc(F)c2)CC1. The number of pyridine rings is 1. The third-order valence-corrected chi connectivity index (χ3v) is 5.31. The van der Waals surface area contributed by atoms with E-state index < -0.39 is 0 Å². The van der Waals surface area contributed by atoms with E-state index in [0.29, 0.717) is 36.4 Å². The van der Waals surface area contributed by atoms with Crippen LogP contribution >= 0.6 is 0 Å². The van der Waals surface area contributed by atoms with Gasteiger partial charge in [-0.05, 0) is 50.1 Å². The normalized spacial score (nSPS) is 15.1. The molecule has 0 amide bonds. The number of anilines is 1. The predicted molar refractivity (Wildman–Crippen MR) is 122 cm³/mol. The van der Waals surface area contributed by atoms with E-state index in [1.165, 1.54) is 6.07 Å². The number of aliphatic imine (C=N–C) groups is 1. The molecule has 0 bridgehead atoms. The van der Waals surface area contributed by atoms with Crippen molar-refractivity contribution in [1.29, 1.82) is 0 Å². The standard InChI is InChI=1S/C23H28FN7O/c1-2-25-23(27-13-9-21-29-22(32-30-21)20-8-3-4-12-26-20)28-18-10-14-31(15-11-18)19-7-5-6-17(24)16-19/h3-8,12,16,18H,2,9-11,13-15H2,1H3,(H2,25,27,28). The van der Waals surface area contributed by atoms with Crippen molar-refractivity contribution in [1.82, 2.24) is 25.8 Å². The molecular weight excluding hydrogens is 409 g/mol. The summed E-state index contributed by atoms with van der Waals surface area (Å²) >= 11 is 0. The number of piperidine rings is 1. The molecule has 1 aliphatic heterocycles. The van der Waals surface area contributed by atoms with Crippen molar-refractivity contribution in [3.8, 4) is 11.6 Å². The van der Waals surface area contributed by atoms with Crippen LogP contribution in [0.2, 0.25) is 0 Å². The van der Waals surface area contributed by atoms with Gasteiger partial charge < -0.3 is 20.1 Å². The lowest BCUT2D eigenvalue weighted by Crippen LogP contribution is -2.48. The maximum Gasteiger partial charge on any atom is 0.276 e. The molecule has 1 aromatic carbocycles. The van der Waals surface area contributed by atoms with Gasteiger partial charge in [0, 0.05) is 50.5 Å². The minimum atomic E-state index is -0.196. The van der Waals surface area contributed by atoms with Crippen LogP contribution in [0.4, 0.5) is 10.1 Å². The smallest absolute Gasteiger partial charge is 0.276 e. The summed E-state index contributed by atoms with van der Waals surface area (Å²) in [6.45, 7) is 5.11. The van der Waals surface area contributed by atoms with Crippen molar-refractivity contribution < 1.29 is 8.91 Å².